The first kappa shape index (κ1) is 14.7. The number of H-pyrrole nitrogens is 1. The maximum atomic E-state index is 12.2. The molecule has 9 heteroatoms. The first-order valence-electron chi connectivity index (χ1n) is 5.67. The van der Waals surface area contributed by atoms with Gasteiger partial charge in [-0.15, -0.1) is 11.3 Å². The van der Waals surface area contributed by atoms with E-state index in [4.69, 9.17) is 5.11 Å². The molecule has 0 amide bonds. The molecule has 20 heavy (non-hydrogen) atoms. The Hall–Kier alpha value is -1.71. The molecule has 0 aliphatic heterocycles. The molecule has 0 saturated heterocycles. The van der Waals surface area contributed by atoms with Crippen LogP contribution in [0, 0.1) is 6.92 Å². The Balaban J connectivity index is 2.28. The number of rotatable bonds is 6. The summed E-state index contributed by atoms with van der Waals surface area (Å²) in [7, 11) is -3.82. The minimum absolute atomic E-state index is 0.0180. The normalized spacial score (nSPS) is 13.2. The zero-order valence-electron chi connectivity index (χ0n) is 10.5. The van der Waals surface area contributed by atoms with Gasteiger partial charge in [0.05, 0.1) is 24.4 Å². The topological polar surface area (TPSA) is 112 Å². The van der Waals surface area contributed by atoms with E-state index in [1.54, 1.807) is 24.4 Å². The number of hydrogen-bond donors (Lipinski definition) is 3. The van der Waals surface area contributed by atoms with Gasteiger partial charge < -0.3 is 5.11 Å². The van der Waals surface area contributed by atoms with Gasteiger partial charge in [-0.05, 0) is 18.4 Å². The average Bonchev–Trinajstić information content (AvgIpc) is 2.97. The zero-order chi connectivity index (χ0) is 14.8. The van der Waals surface area contributed by atoms with Crippen molar-refractivity contribution in [1.29, 1.82) is 0 Å². The molecule has 1 unspecified atom stereocenters. The summed E-state index contributed by atoms with van der Waals surface area (Å²) >= 11 is 1.30. The van der Waals surface area contributed by atoms with E-state index in [9.17, 15) is 13.2 Å². The van der Waals surface area contributed by atoms with Gasteiger partial charge in [-0.3, -0.25) is 9.89 Å². The highest BCUT2D eigenvalue weighted by molar-refractivity contribution is 7.89. The van der Waals surface area contributed by atoms with E-state index in [-0.39, 0.29) is 11.3 Å². The lowest BCUT2D eigenvalue weighted by atomic mass is 10.2. The Bertz CT molecular complexity index is 691. The van der Waals surface area contributed by atoms with Crippen LogP contribution in [0.1, 0.15) is 23.0 Å². The number of hydrogen-bond acceptors (Lipinski definition) is 5. The van der Waals surface area contributed by atoms with Crippen molar-refractivity contribution < 1.29 is 18.3 Å². The highest BCUT2D eigenvalue weighted by atomic mass is 32.2. The standard InChI is InChI=1S/C11H13N3O4S2/c1-7-10(6-12-13-7)20(17,18)14-8(5-11(15)16)9-3-2-4-19-9/h2-4,6,8,14H,5H2,1H3,(H,12,13)(H,15,16). The molecule has 2 aromatic heterocycles. The van der Waals surface area contributed by atoms with E-state index in [1.807, 2.05) is 0 Å². The number of aryl methyl sites for hydroxylation is 1. The number of sulfonamides is 1. The third kappa shape index (κ3) is 3.24. The molecule has 0 aromatic carbocycles. The van der Waals surface area contributed by atoms with Crippen LogP contribution >= 0.6 is 11.3 Å². The SMILES string of the molecule is Cc1[nH]ncc1S(=O)(=O)NC(CC(=O)O)c1cccs1. The summed E-state index contributed by atoms with van der Waals surface area (Å²) < 4.78 is 26.9. The van der Waals surface area contributed by atoms with Gasteiger partial charge in [0.25, 0.3) is 0 Å². The van der Waals surface area contributed by atoms with Crippen molar-refractivity contribution in [3.63, 3.8) is 0 Å². The van der Waals surface area contributed by atoms with Crippen LogP contribution in [0.5, 0.6) is 0 Å². The van der Waals surface area contributed by atoms with Gasteiger partial charge in [-0.25, -0.2) is 13.1 Å². The van der Waals surface area contributed by atoms with Crippen molar-refractivity contribution in [1.82, 2.24) is 14.9 Å². The highest BCUT2D eigenvalue weighted by Gasteiger charge is 2.26. The minimum Gasteiger partial charge on any atom is -0.481 e. The van der Waals surface area contributed by atoms with Gasteiger partial charge >= 0.3 is 5.97 Å². The Morgan fingerprint density at radius 1 is 1.60 bits per heavy atom. The molecule has 1 atom stereocenters. The second-order valence-corrected chi connectivity index (χ2v) is 6.81. The second-order valence-electron chi connectivity index (χ2n) is 4.15. The van der Waals surface area contributed by atoms with E-state index >= 15 is 0 Å². The van der Waals surface area contributed by atoms with E-state index in [0.717, 1.165) is 0 Å². The minimum atomic E-state index is -3.82. The molecule has 2 heterocycles. The highest BCUT2D eigenvalue weighted by Crippen LogP contribution is 2.24. The molecule has 0 radical (unpaired) electrons. The lowest BCUT2D eigenvalue weighted by Crippen LogP contribution is -2.30. The van der Waals surface area contributed by atoms with Crippen molar-refractivity contribution in [2.45, 2.75) is 24.3 Å². The maximum absolute atomic E-state index is 12.2. The fourth-order valence-electron chi connectivity index (χ4n) is 1.73. The van der Waals surface area contributed by atoms with Gasteiger partial charge in [0.2, 0.25) is 10.0 Å². The molecular formula is C11H13N3O4S2. The first-order valence-corrected chi connectivity index (χ1v) is 8.04. The number of carboxylic acid groups (broad SMARTS) is 1. The quantitative estimate of drug-likeness (QED) is 0.743. The lowest BCUT2D eigenvalue weighted by molar-refractivity contribution is -0.137. The number of aromatic amines is 1. The Labute approximate surface area is 119 Å². The van der Waals surface area contributed by atoms with Crippen LogP contribution in [0.15, 0.2) is 28.6 Å². The van der Waals surface area contributed by atoms with Crippen LogP contribution in [0.25, 0.3) is 0 Å². The number of aliphatic carboxylic acids is 1. The van der Waals surface area contributed by atoms with Gasteiger partial charge in [-0.2, -0.15) is 5.10 Å². The summed E-state index contributed by atoms with van der Waals surface area (Å²) in [6.45, 7) is 1.58. The van der Waals surface area contributed by atoms with Crippen molar-refractivity contribution >= 4 is 27.3 Å². The van der Waals surface area contributed by atoms with Crippen LogP contribution < -0.4 is 4.72 Å². The van der Waals surface area contributed by atoms with Crippen LogP contribution in [-0.2, 0) is 14.8 Å². The van der Waals surface area contributed by atoms with Crippen LogP contribution in [0.2, 0.25) is 0 Å². The summed E-state index contributed by atoms with van der Waals surface area (Å²) in [5.74, 6) is -1.07. The van der Waals surface area contributed by atoms with E-state index in [2.05, 4.69) is 14.9 Å². The van der Waals surface area contributed by atoms with Gasteiger partial charge in [0, 0.05) is 4.88 Å². The van der Waals surface area contributed by atoms with Crippen LogP contribution in [0.3, 0.4) is 0 Å². The molecule has 0 aliphatic carbocycles. The monoisotopic (exact) mass is 315 g/mol. The molecular weight excluding hydrogens is 302 g/mol. The number of carboxylic acids is 1. The third-order valence-electron chi connectivity index (χ3n) is 2.64. The Morgan fingerprint density at radius 3 is 2.85 bits per heavy atom. The van der Waals surface area contributed by atoms with Gasteiger partial charge in [-0.1, -0.05) is 6.07 Å². The maximum Gasteiger partial charge on any atom is 0.305 e. The van der Waals surface area contributed by atoms with Crippen molar-refractivity contribution in [3.8, 4) is 0 Å². The van der Waals surface area contributed by atoms with Crippen molar-refractivity contribution in [3.05, 3.63) is 34.3 Å². The number of thiophene rings is 1. The summed E-state index contributed by atoms with van der Waals surface area (Å²) in [6, 6.07) is 2.64. The van der Waals surface area contributed by atoms with Crippen LogP contribution in [0.4, 0.5) is 0 Å². The van der Waals surface area contributed by atoms with Crippen LogP contribution in [-0.4, -0.2) is 29.7 Å². The summed E-state index contributed by atoms with van der Waals surface area (Å²) in [6.07, 6.45) is 0.876. The third-order valence-corrected chi connectivity index (χ3v) is 5.21. The van der Waals surface area contributed by atoms with Crippen molar-refractivity contribution in [2.75, 3.05) is 0 Å². The Morgan fingerprint density at radius 2 is 2.35 bits per heavy atom. The molecule has 2 aromatic rings. The van der Waals surface area contributed by atoms with Gasteiger partial charge in [0.1, 0.15) is 4.90 Å². The smallest absolute Gasteiger partial charge is 0.305 e. The molecule has 0 bridgehead atoms. The van der Waals surface area contributed by atoms with E-state index < -0.39 is 22.0 Å². The molecule has 0 aliphatic rings. The predicted molar refractivity (Wildman–Crippen MR) is 73.0 cm³/mol. The lowest BCUT2D eigenvalue weighted by Gasteiger charge is -2.15. The van der Waals surface area contributed by atoms with Gasteiger partial charge in [0.15, 0.2) is 0 Å². The number of aromatic nitrogens is 2. The summed E-state index contributed by atoms with van der Waals surface area (Å²) in [5, 5.41) is 16.9. The number of carbonyl (C=O) groups is 1. The van der Waals surface area contributed by atoms with E-state index in [1.165, 1.54) is 17.5 Å². The van der Waals surface area contributed by atoms with Crippen molar-refractivity contribution in [2.24, 2.45) is 0 Å². The fourth-order valence-corrected chi connectivity index (χ4v) is 3.93. The molecule has 108 valence electrons. The Kier molecular flexibility index (Phi) is 4.21. The number of nitrogens with zero attached hydrogens (tertiary/aromatic N) is 1. The second kappa shape index (κ2) is 5.73. The molecule has 7 nitrogen and oxygen atoms in total. The van der Waals surface area contributed by atoms with E-state index in [0.29, 0.717) is 10.6 Å². The predicted octanol–water partition coefficient (Wildman–Crippen LogP) is 1.27. The molecule has 3 N–H and O–H groups in total. The fraction of sp³-hybridized carbons (Fsp3) is 0.273. The molecule has 0 spiro atoms. The average molecular weight is 315 g/mol. The molecule has 0 saturated carbocycles. The zero-order valence-corrected chi connectivity index (χ0v) is 12.2. The first-order chi connectivity index (χ1) is 9.40. The number of nitrogens with one attached hydrogen (secondary N) is 2. The summed E-state index contributed by atoms with van der Waals surface area (Å²) in [5.41, 5.74) is 0.401. The summed E-state index contributed by atoms with van der Waals surface area (Å²) in [4.78, 5) is 11.6. The molecule has 2 rings (SSSR count). The molecule has 0 fully saturated rings. The largest absolute Gasteiger partial charge is 0.481 e.